The molecule has 0 saturated heterocycles. The van der Waals surface area contributed by atoms with Gasteiger partial charge in [-0.25, -0.2) is 4.79 Å². The minimum absolute atomic E-state index is 0.0918. The molecule has 1 aliphatic heterocycles. The summed E-state index contributed by atoms with van der Waals surface area (Å²) in [5.74, 6) is -1.60. The van der Waals surface area contributed by atoms with Crippen molar-refractivity contribution in [1.82, 2.24) is 4.90 Å². The second-order valence-electron chi connectivity index (χ2n) is 5.44. The van der Waals surface area contributed by atoms with Gasteiger partial charge < -0.3 is 9.84 Å². The van der Waals surface area contributed by atoms with E-state index in [0.717, 1.165) is 4.90 Å². The molecule has 0 aromatic heterocycles. The lowest BCUT2D eigenvalue weighted by Crippen LogP contribution is -2.46. The number of esters is 1. The first-order valence-corrected chi connectivity index (χ1v) is 7.35. The number of carbonyl (C=O) groups is 3. The van der Waals surface area contributed by atoms with Gasteiger partial charge in [-0.1, -0.05) is 24.3 Å². The molecule has 6 heteroatoms. The van der Waals surface area contributed by atoms with E-state index in [-0.39, 0.29) is 23.3 Å². The Morgan fingerprint density at radius 2 is 1.58 bits per heavy atom. The number of carbonyl (C=O) groups excluding carboxylic acids is 3. The molecule has 3 rings (SSSR count). The van der Waals surface area contributed by atoms with Gasteiger partial charge in [0.2, 0.25) is 0 Å². The average Bonchev–Trinajstić information content (AvgIpc) is 2.85. The zero-order valence-electron chi connectivity index (χ0n) is 12.9. The van der Waals surface area contributed by atoms with Gasteiger partial charge in [-0.3, -0.25) is 14.5 Å². The molecular weight excluding hydrogens is 310 g/mol. The van der Waals surface area contributed by atoms with Crippen molar-refractivity contribution in [2.75, 3.05) is 7.11 Å². The van der Waals surface area contributed by atoms with Crippen LogP contribution in [0.2, 0.25) is 0 Å². The number of hydrogen-bond donors (Lipinski definition) is 1. The maximum Gasteiger partial charge on any atom is 0.329 e. The van der Waals surface area contributed by atoms with E-state index in [2.05, 4.69) is 0 Å². The van der Waals surface area contributed by atoms with Crippen molar-refractivity contribution < 1.29 is 24.2 Å². The van der Waals surface area contributed by atoms with E-state index in [1.54, 1.807) is 36.4 Å². The second-order valence-corrected chi connectivity index (χ2v) is 5.44. The molecule has 1 atom stereocenters. The van der Waals surface area contributed by atoms with Crippen molar-refractivity contribution in [3.63, 3.8) is 0 Å². The molecule has 1 N–H and O–H groups in total. The predicted molar refractivity (Wildman–Crippen MR) is 84.6 cm³/mol. The highest BCUT2D eigenvalue weighted by molar-refractivity contribution is 6.22. The van der Waals surface area contributed by atoms with Crippen LogP contribution in [0.4, 0.5) is 0 Å². The molecule has 0 radical (unpaired) electrons. The van der Waals surface area contributed by atoms with E-state index in [9.17, 15) is 19.5 Å². The maximum atomic E-state index is 12.6. The Morgan fingerprint density at radius 3 is 2.08 bits per heavy atom. The molecule has 6 nitrogen and oxygen atoms in total. The Balaban J connectivity index is 1.95. The fraction of sp³-hybridized carbons (Fsp3) is 0.167. The van der Waals surface area contributed by atoms with Crippen LogP contribution in [0.15, 0.2) is 48.5 Å². The molecule has 1 unspecified atom stereocenters. The summed E-state index contributed by atoms with van der Waals surface area (Å²) in [5, 5.41) is 9.35. The first kappa shape index (κ1) is 15.7. The summed E-state index contributed by atoms with van der Waals surface area (Å²) in [7, 11) is 1.21. The molecule has 0 saturated carbocycles. The lowest BCUT2D eigenvalue weighted by Gasteiger charge is -2.24. The quantitative estimate of drug-likeness (QED) is 0.684. The van der Waals surface area contributed by atoms with Crippen LogP contribution in [-0.2, 0) is 16.0 Å². The van der Waals surface area contributed by atoms with Crippen LogP contribution < -0.4 is 0 Å². The van der Waals surface area contributed by atoms with Crippen LogP contribution in [0.1, 0.15) is 26.3 Å². The molecule has 0 aliphatic carbocycles. The standard InChI is InChI=1S/C18H15NO5/c1-24-18(23)15(10-11-6-8-12(20)9-7-11)19-16(21)13-4-2-3-5-14(13)17(19)22/h2-9,15,20H,10H2,1H3. The predicted octanol–water partition coefficient (Wildman–Crippen LogP) is 1.77. The minimum atomic E-state index is -1.06. The Hall–Kier alpha value is -3.15. The molecule has 0 spiro atoms. The number of nitrogens with zero attached hydrogens (tertiary/aromatic N) is 1. The van der Waals surface area contributed by atoms with E-state index in [4.69, 9.17) is 4.74 Å². The summed E-state index contributed by atoms with van der Waals surface area (Å²) >= 11 is 0. The topological polar surface area (TPSA) is 83.9 Å². The molecule has 24 heavy (non-hydrogen) atoms. The Labute approximate surface area is 138 Å². The summed E-state index contributed by atoms with van der Waals surface area (Å²) < 4.78 is 4.78. The largest absolute Gasteiger partial charge is 0.508 e. The third kappa shape index (κ3) is 2.62. The van der Waals surface area contributed by atoms with Crippen LogP contribution in [0.25, 0.3) is 0 Å². The number of fused-ring (bicyclic) bond motifs is 1. The number of methoxy groups -OCH3 is 1. The maximum absolute atomic E-state index is 12.6. The Bertz CT molecular complexity index is 777. The number of hydrogen-bond acceptors (Lipinski definition) is 5. The highest BCUT2D eigenvalue weighted by Gasteiger charge is 2.43. The molecule has 2 aromatic carbocycles. The van der Waals surface area contributed by atoms with Crippen LogP contribution >= 0.6 is 0 Å². The van der Waals surface area contributed by atoms with Crippen LogP contribution in [0.5, 0.6) is 5.75 Å². The summed E-state index contributed by atoms with van der Waals surface area (Å²) in [5.41, 5.74) is 1.25. The van der Waals surface area contributed by atoms with Crippen molar-refractivity contribution in [2.24, 2.45) is 0 Å². The van der Waals surface area contributed by atoms with Crippen molar-refractivity contribution >= 4 is 17.8 Å². The van der Waals surface area contributed by atoms with Crippen LogP contribution in [-0.4, -0.2) is 40.9 Å². The minimum Gasteiger partial charge on any atom is -0.508 e. The highest BCUT2D eigenvalue weighted by Crippen LogP contribution is 2.26. The van der Waals surface area contributed by atoms with Crippen molar-refractivity contribution in [1.29, 1.82) is 0 Å². The van der Waals surface area contributed by atoms with Gasteiger partial charge in [-0.05, 0) is 29.8 Å². The van der Waals surface area contributed by atoms with Gasteiger partial charge in [0.05, 0.1) is 18.2 Å². The molecule has 1 aliphatic rings. The van der Waals surface area contributed by atoms with E-state index < -0.39 is 23.8 Å². The fourth-order valence-corrected chi connectivity index (χ4v) is 2.76. The van der Waals surface area contributed by atoms with Gasteiger partial charge in [0.15, 0.2) is 0 Å². The van der Waals surface area contributed by atoms with Gasteiger partial charge in [0, 0.05) is 6.42 Å². The highest BCUT2D eigenvalue weighted by atomic mass is 16.5. The Kier molecular flexibility index (Phi) is 4.04. The number of phenols is 1. The van der Waals surface area contributed by atoms with E-state index in [0.29, 0.717) is 5.56 Å². The van der Waals surface area contributed by atoms with E-state index >= 15 is 0 Å². The zero-order chi connectivity index (χ0) is 17.3. The third-order valence-corrected chi connectivity index (χ3v) is 3.98. The number of rotatable bonds is 4. The van der Waals surface area contributed by atoms with Crippen LogP contribution in [0, 0.1) is 0 Å². The van der Waals surface area contributed by atoms with E-state index in [1.165, 1.54) is 19.2 Å². The van der Waals surface area contributed by atoms with Gasteiger partial charge >= 0.3 is 5.97 Å². The normalized spacial score (nSPS) is 14.5. The number of benzene rings is 2. The van der Waals surface area contributed by atoms with E-state index in [1.807, 2.05) is 0 Å². The molecular formula is C18H15NO5. The summed E-state index contributed by atoms with van der Waals surface area (Å²) in [6, 6.07) is 11.6. The average molecular weight is 325 g/mol. The zero-order valence-corrected chi connectivity index (χ0v) is 12.9. The number of imide groups is 1. The molecule has 122 valence electrons. The van der Waals surface area contributed by atoms with Gasteiger partial charge in [-0.15, -0.1) is 0 Å². The monoisotopic (exact) mass is 325 g/mol. The van der Waals surface area contributed by atoms with Gasteiger partial charge in [-0.2, -0.15) is 0 Å². The van der Waals surface area contributed by atoms with Gasteiger partial charge in [0.1, 0.15) is 11.8 Å². The Morgan fingerprint density at radius 1 is 1.04 bits per heavy atom. The van der Waals surface area contributed by atoms with Gasteiger partial charge in [0.25, 0.3) is 11.8 Å². The number of aromatic hydroxyl groups is 1. The molecule has 0 bridgehead atoms. The third-order valence-electron chi connectivity index (χ3n) is 3.98. The molecule has 1 heterocycles. The fourth-order valence-electron chi connectivity index (χ4n) is 2.76. The molecule has 2 aromatic rings. The van der Waals surface area contributed by atoms with Crippen molar-refractivity contribution in [3.05, 3.63) is 65.2 Å². The molecule has 2 amide bonds. The first-order valence-electron chi connectivity index (χ1n) is 7.35. The van der Waals surface area contributed by atoms with Crippen LogP contribution in [0.3, 0.4) is 0 Å². The lowest BCUT2D eigenvalue weighted by atomic mass is 10.0. The summed E-state index contributed by atoms with van der Waals surface area (Å²) in [6.45, 7) is 0. The molecule has 0 fully saturated rings. The second kappa shape index (κ2) is 6.16. The number of amides is 2. The summed E-state index contributed by atoms with van der Waals surface area (Å²) in [6.07, 6.45) is 0.110. The van der Waals surface area contributed by atoms with Crippen molar-refractivity contribution in [3.8, 4) is 5.75 Å². The lowest BCUT2D eigenvalue weighted by molar-refractivity contribution is -0.145. The smallest absolute Gasteiger partial charge is 0.329 e. The number of phenolic OH excluding ortho intramolecular Hbond substituents is 1. The SMILES string of the molecule is COC(=O)C(Cc1ccc(O)cc1)N1C(=O)c2ccccc2C1=O. The first-order chi connectivity index (χ1) is 11.5. The van der Waals surface area contributed by atoms with Crippen molar-refractivity contribution in [2.45, 2.75) is 12.5 Å². The summed E-state index contributed by atoms with van der Waals surface area (Å²) in [4.78, 5) is 38.3. The number of ether oxygens (including phenoxy) is 1.